The van der Waals surface area contributed by atoms with Crippen molar-refractivity contribution >= 4 is 33.1 Å². The summed E-state index contributed by atoms with van der Waals surface area (Å²) >= 11 is 0. The Kier molecular flexibility index (Phi) is 4.20. The first kappa shape index (κ1) is 17.7. The molecule has 0 amide bonds. The third kappa shape index (κ3) is 3.01. The first-order valence-corrected chi connectivity index (χ1v) is 10.0. The van der Waals surface area contributed by atoms with Crippen molar-refractivity contribution in [1.29, 1.82) is 0 Å². The molecule has 4 nitrogen and oxygen atoms in total. The lowest BCUT2D eigenvalue weighted by molar-refractivity contribution is 0.239. The summed E-state index contributed by atoms with van der Waals surface area (Å²) in [6.45, 7) is 6.94. The number of aromatic nitrogens is 3. The minimum absolute atomic E-state index is 0.125. The molecule has 2 aromatic heterocycles. The Morgan fingerprint density at radius 2 is 1.59 bits per heavy atom. The van der Waals surface area contributed by atoms with E-state index in [-0.39, 0.29) is 6.10 Å². The van der Waals surface area contributed by atoms with Gasteiger partial charge in [0.1, 0.15) is 11.3 Å². The van der Waals surface area contributed by atoms with Gasteiger partial charge in [0.2, 0.25) is 0 Å². The highest BCUT2D eigenvalue weighted by Gasteiger charge is 2.17. The Morgan fingerprint density at radius 1 is 0.862 bits per heavy atom. The van der Waals surface area contributed by atoms with Crippen molar-refractivity contribution in [2.75, 3.05) is 0 Å². The Hall–Kier alpha value is -3.40. The maximum Gasteiger partial charge on any atom is 0.160 e. The molecule has 3 aromatic carbocycles. The van der Waals surface area contributed by atoms with Crippen molar-refractivity contribution in [2.24, 2.45) is 0 Å². The lowest BCUT2D eigenvalue weighted by atomic mass is 10.1. The molecule has 0 unspecified atom stereocenters. The highest BCUT2D eigenvalue weighted by Crippen LogP contribution is 2.32. The lowest BCUT2D eigenvalue weighted by Gasteiger charge is -2.16. The summed E-state index contributed by atoms with van der Waals surface area (Å²) in [4.78, 5) is 9.97. The van der Waals surface area contributed by atoms with Crippen LogP contribution in [0.1, 0.15) is 25.0 Å². The minimum atomic E-state index is 0.125. The van der Waals surface area contributed by atoms with Gasteiger partial charge in [-0.1, -0.05) is 48.5 Å². The molecule has 0 N–H and O–H groups in total. The number of benzene rings is 3. The molecular weight excluding hydrogens is 358 g/mol. The summed E-state index contributed by atoms with van der Waals surface area (Å²) < 4.78 is 8.35. The summed E-state index contributed by atoms with van der Waals surface area (Å²) in [6, 6.07) is 22.7. The first-order valence-electron chi connectivity index (χ1n) is 10.0. The van der Waals surface area contributed by atoms with Gasteiger partial charge in [-0.2, -0.15) is 0 Å². The largest absolute Gasteiger partial charge is 0.491 e. The fourth-order valence-corrected chi connectivity index (χ4v) is 4.00. The Balaban J connectivity index is 1.79. The molecule has 0 radical (unpaired) electrons. The second-order valence-electron chi connectivity index (χ2n) is 7.72. The number of hydrogen-bond donors (Lipinski definition) is 0. The predicted octanol–water partition coefficient (Wildman–Crippen LogP) is 5.88. The van der Waals surface area contributed by atoms with E-state index in [1.54, 1.807) is 0 Å². The average Bonchev–Trinajstić information content (AvgIpc) is 3.01. The fraction of sp³-hybridized carbons (Fsp3) is 0.200. The fourth-order valence-electron chi connectivity index (χ4n) is 4.00. The standard InChI is InChI=1S/C25H23N3O/c1-16(2)29-22-14-7-4-10-18(22)15-28-24-17(3)9-8-11-19(24)23-25(28)27-21-13-6-5-12-20(21)26-23/h4-14,16H,15H2,1-3H3. The maximum atomic E-state index is 6.07. The van der Waals surface area contributed by atoms with Crippen molar-refractivity contribution in [3.8, 4) is 5.75 Å². The number of fused-ring (bicyclic) bond motifs is 4. The highest BCUT2D eigenvalue weighted by molar-refractivity contribution is 6.07. The summed E-state index contributed by atoms with van der Waals surface area (Å²) in [5.41, 5.74) is 7.22. The van der Waals surface area contributed by atoms with E-state index in [0.717, 1.165) is 38.9 Å². The average molecular weight is 381 g/mol. The van der Waals surface area contributed by atoms with Crippen molar-refractivity contribution < 1.29 is 4.74 Å². The van der Waals surface area contributed by atoms with E-state index in [2.05, 4.69) is 55.7 Å². The molecule has 0 aliphatic carbocycles. The second kappa shape index (κ2) is 6.89. The third-order valence-corrected chi connectivity index (χ3v) is 5.23. The van der Waals surface area contributed by atoms with E-state index >= 15 is 0 Å². The molecule has 4 heteroatoms. The molecule has 29 heavy (non-hydrogen) atoms. The van der Waals surface area contributed by atoms with Crippen LogP contribution in [-0.2, 0) is 6.54 Å². The molecule has 0 fully saturated rings. The number of rotatable bonds is 4. The zero-order valence-electron chi connectivity index (χ0n) is 16.9. The molecule has 144 valence electrons. The van der Waals surface area contributed by atoms with Crippen molar-refractivity contribution in [1.82, 2.24) is 14.5 Å². The van der Waals surface area contributed by atoms with E-state index in [1.807, 2.05) is 36.4 Å². The number of aryl methyl sites for hydroxylation is 1. The summed E-state index contributed by atoms with van der Waals surface area (Å²) in [5, 5.41) is 1.14. The van der Waals surface area contributed by atoms with Crippen LogP contribution in [0, 0.1) is 6.92 Å². The Labute approximate surface area is 169 Å². The van der Waals surface area contributed by atoms with Crippen LogP contribution in [-0.4, -0.2) is 20.6 Å². The monoisotopic (exact) mass is 381 g/mol. The van der Waals surface area contributed by atoms with Crippen LogP contribution in [0.4, 0.5) is 0 Å². The predicted molar refractivity (Wildman–Crippen MR) is 119 cm³/mol. The highest BCUT2D eigenvalue weighted by atomic mass is 16.5. The Bertz CT molecular complexity index is 1350. The smallest absolute Gasteiger partial charge is 0.160 e. The van der Waals surface area contributed by atoms with Crippen molar-refractivity contribution in [3.63, 3.8) is 0 Å². The third-order valence-electron chi connectivity index (χ3n) is 5.23. The number of para-hydroxylation sites is 4. The molecule has 0 spiro atoms. The SMILES string of the molecule is Cc1cccc2c3nc4ccccc4nc3n(Cc3ccccc3OC(C)C)c12. The van der Waals surface area contributed by atoms with Gasteiger partial charge in [0.05, 0.1) is 29.2 Å². The van der Waals surface area contributed by atoms with Gasteiger partial charge in [-0.15, -0.1) is 0 Å². The summed E-state index contributed by atoms with van der Waals surface area (Å²) in [6.07, 6.45) is 0.125. The number of ether oxygens (including phenoxy) is 1. The minimum Gasteiger partial charge on any atom is -0.491 e. The quantitative estimate of drug-likeness (QED) is 0.390. The van der Waals surface area contributed by atoms with Crippen LogP contribution in [0.25, 0.3) is 33.1 Å². The van der Waals surface area contributed by atoms with Crippen LogP contribution in [0.3, 0.4) is 0 Å². The van der Waals surface area contributed by atoms with Crippen molar-refractivity contribution in [2.45, 2.75) is 33.4 Å². The van der Waals surface area contributed by atoms with Crippen LogP contribution < -0.4 is 4.74 Å². The van der Waals surface area contributed by atoms with Gasteiger partial charge in [0.15, 0.2) is 5.65 Å². The first-order chi connectivity index (χ1) is 14.1. The molecule has 0 bridgehead atoms. The topological polar surface area (TPSA) is 39.9 Å². The van der Waals surface area contributed by atoms with Crippen LogP contribution in [0.2, 0.25) is 0 Å². The van der Waals surface area contributed by atoms with E-state index in [1.165, 1.54) is 11.1 Å². The maximum absolute atomic E-state index is 6.07. The summed E-state index contributed by atoms with van der Waals surface area (Å²) in [7, 11) is 0. The molecule has 0 aliphatic heterocycles. The van der Waals surface area contributed by atoms with E-state index in [0.29, 0.717) is 6.54 Å². The van der Waals surface area contributed by atoms with Gasteiger partial charge in [-0.25, -0.2) is 9.97 Å². The molecule has 0 saturated carbocycles. The molecule has 5 aromatic rings. The summed E-state index contributed by atoms with van der Waals surface area (Å²) in [5.74, 6) is 0.917. The number of hydrogen-bond acceptors (Lipinski definition) is 3. The van der Waals surface area contributed by atoms with Gasteiger partial charge in [-0.05, 0) is 44.5 Å². The molecule has 0 aliphatic rings. The van der Waals surface area contributed by atoms with Gasteiger partial charge in [-0.3, -0.25) is 0 Å². The van der Waals surface area contributed by atoms with Crippen LogP contribution in [0.15, 0.2) is 66.7 Å². The van der Waals surface area contributed by atoms with Gasteiger partial charge < -0.3 is 9.30 Å². The normalized spacial score (nSPS) is 11.7. The molecule has 5 rings (SSSR count). The Morgan fingerprint density at radius 3 is 2.38 bits per heavy atom. The van der Waals surface area contributed by atoms with Gasteiger partial charge in [0, 0.05) is 10.9 Å². The zero-order valence-corrected chi connectivity index (χ0v) is 16.9. The van der Waals surface area contributed by atoms with E-state index < -0.39 is 0 Å². The van der Waals surface area contributed by atoms with Crippen LogP contribution in [0.5, 0.6) is 5.75 Å². The second-order valence-corrected chi connectivity index (χ2v) is 7.72. The van der Waals surface area contributed by atoms with E-state index in [9.17, 15) is 0 Å². The van der Waals surface area contributed by atoms with Crippen molar-refractivity contribution in [3.05, 3.63) is 77.9 Å². The molecule has 0 saturated heterocycles. The lowest BCUT2D eigenvalue weighted by Crippen LogP contribution is -2.09. The molecule has 2 heterocycles. The molecular formula is C25H23N3O. The zero-order chi connectivity index (χ0) is 20.0. The van der Waals surface area contributed by atoms with Crippen LogP contribution >= 0.6 is 0 Å². The van der Waals surface area contributed by atoms with Gasteiger partial charge >= 0.3 is 0 Å². The molecule has 0 atom stereocenters. The number of nitrogens with zero attached hydrogens (tertiary/aromatic N) is 3. The van der Waals surface area contributed by atoms with Gasteiger partial charge in [0.25, 0.3) is 0 Å². The van der Waals surface area contributed by atoms with E-state index in [4.69, 9.17) is 14.7 Å².